The molecule has 1 atom stereocenters. The number of hydrogen-bond acceptors (Lipinski definition) is 3. The van der Waals surface area contributed by atoms with Crippen LogP contribution in [0.5, 0.6) is 0 Å². The first kappa shape index (κ1) is 14.1. The van der Waals surface area contributed by atoms with Crippen molar-refractivity contribution >= 4 is 44.4 Å². The topological polar surface area (TPSA) is 12.0 Å². The predicted octanol–water partition coefficient (Wildman–Crippen LogP) is 5.71. The molecule has 0 aliphatic rings. The van der Waals surface area contributed by atoms with Crippen LogP contribution in [-0.2, 0) is 0 Å². The van der Waals surface area contributed by atoms with Crippen LogP contribution in [-0.4, -0.2) is 6.54 Å². The second kappa shape index (κ2) is 6.27. The molecule has 3 aromatic rings. The van der Waals surface area contributed by atoms with E-state index in [2.05, 4.69) is 48.6 Å². The molecule has 3 rings (SSSR count). The molecule has 1 nitrogen and oxygen atoms in total. The second-order valence-electron chi connectivity index (χ2n) is 4.72. The van der Waals surface area contributed by atoms with Crippen LogP contribution in [0.25, 0.3) is 10.1 Å². The number of halogens is 1. The van der Waals surface area contributed by atoms with Gasteiger partial charge in [0.05, 0.1) is 10.4 Å². The molecule has 2 heterocycles. The highest BCUT2D eigenvalue weighted by molar-refractivity contribution is 7.19. The molecule has 0 bridgehead atoms. The number of rotatable bonds is 5. The summed E-state index contributed by atoms with van der Waals surface area (Å²) < 4.78 is 2.19. The Kier molecular flexibility index (Phi) is 4.41. The van der Waals surface area contributed by atoms with Crippen molar-refractivity contribution < 1.29 is 0 Å². The molecule has 0 aliphatic heterocycles. The monoisotopic (exact) mass is 321 g/mol. The largest absolute Gasteiger partial charge is 0.305 e. The van der Waals surface area contributed by atoms with Crippen molar-refractivity contribution in [3.63, 3.8) is 0 Å². The Hall–Kier alpha value is -0.870. The molecule has 0 amide bonds. The van der Waals surface area contributed by atoms with Gasteiger partial charge >= 0.3 is 0 Å². The van der Waals surface area contributed by atoms with Gasteiger partial charge in [-0.1, -0.05) is 36.7 Å². The van der Waals surface area contributed by atoms with Crippen molar-refractivity contribution in [3.8, 4) is 0 Å². The molecule has 0 aliphatic carbocycles. The third-order valence-electron chi connectivity index (χ3n) is 3.21. The van der Waals surface area contributed by atoms with Crippen LogP contribution in [0.3, 0.4) is 0 Å². The molecule has 1 N–H and O–H groups in total. The molecule has 0 radical (unpaired) electrons. The second-order valence-corrected chi connectivity index (χ2v) is 7.58. The molecule has 1 aromatic carbocycles. The van der Waals surface area contributed by atoms with E-state index < -0.39 is 0 Å². The normalized spacial score (nSPS) is 12.9. The van der Waals surface area contributed by atoms with Gasteiger partial charge in [-0.15, -0.1) is 22.7 Å². The number of thiophene rings is 2. The van der Waals surface area contributed by atoms with Crippen LogP contribution < -0.4 is 5.32 Å². The molecule has 1 unspecified atom stereocenters. The molecule has 0 saturated heterocycles. The lowest BCUT2D eigenvalue weighted by atomic mass is 10.1. The maximum absolute atomic E-state index is 6.10. The highest BCUT2D eigenvalue weighted by Crippen LogP contribution is 2.36. The minimum absolute atomic E-state index is 0.254. The lowest BCUT2D eigenvalue weighted by Crippen LogP contribution is -2.21. The minimum atomic E-state index is 0.254. The third kappa shape index (κ3) is 2.91. The van der Waals surface area contributed by atoms with Gasteiger partial charge in [-0.05, 0) is 42.6 Å². The molecule has 0 fully saturated rings. The molecule has 4 heteroatoms. The summed E-state index contributed by atoms with van der Waals surface area (Å²) in [6.07, 6.45) is 1.13. The number of benzene rings is 1. The third-order valence-corrected chi connectivity index (χ3v) is 5.68. The summed E-state index contributed by atoms with van der Waals surface area (Å²) in [5.41, 5.74) is 0. The molecule has 2 aromatic heterocycles. The van der Waals surface area contributed by atoms with Gasteiger partial charge in [-0.2, -0.15) is 0 Å². The van der Waals surface area contributed by atoms with E-state index in [4.69, 9.17) is 11.6 Å². The predicted molar refractivity (Wildman–Crippen MR) is 91.3 cm³/mol. The van der Waals surface area contributed by atoms with E-state index in [1.807, 2.05) is 17.4 Å². The fourth-order valence-electron chi connectivity index (χ4n) is 2.26. The van der Waals surface area contributed by atoms with Crippen LogP contribution in [0.2, 0.25) is 4.34 Å². The van der Waals surface area contributed by atoms with Gasteiger partial charge in [0.1, 0.15) is 0 Å². The maximum atomic E-state index is 6.10. The van der Waals surface area contributed by atoms with Crippen LogP contribution in [0.1, 0.15) is 29.1 Å². The SMILES string of the molecule is CCCNC(c1ccc(Cl)s1)c1cc2ccccc2s1. The van der Waals surface area contributed by atoms with Gasteiger partial charge in [-0.25, -0.2) is 0 Å². The lowest BCUT2D eigenvalue weighted by Gasteiger charge is -2.15. The van der Waals surface area contributed by atoms with Crippen molar-refractivity contribution in [2.75, 3.05) is 6.54 Å². The van der Waals surface area contributed by atoms with Gasteiger partial charge in [0.2, 0.25) is 0 Å². The highest BCUT2D eigenvalue weighted by Gasteiger charge is 2.17. The first-order valence-corrected chi connectivity index (χ1v) is 8.76. The van der Waals surface area contributed by atoms with Crippen molar-refractivity contribution in [2.24, 2.45) is 0 Å². The van der Waals surface area contributed by atoms with Gasteiger partial charge in [0, 0.05) is 14.5 Å². The zero-order valence-corrected chi connectivity index (χ0v) is 13.6. The molecule has 104 valence electrons. The van der Waals surface area contributed by atoms with Gasteiger partial charge in [0.15, 0.2) is 0 Å². The van der Waals surface area contributed by atoms with E-state index >= 15 is 0 Å². The fraction of sp³-hybridized carbons (Fsp3) is 0.250. The Balaban J connectivity index is 1.99. The van der Waals surface area contributed by atoms with E-state index in [0.717, 1.165) is 17.3 Å². The van der Waals surface area contributed by atoms with E-state index in [1.54, 1.807) is 11.3 Å². The Bertz CT molecular complexity index is 668. The maximum Gasteiger partial charge on any atom is 0.0931 e. The van der Waals surface area contributed by atoms with Crippen LogP contribution in [0, 0.1) is 0 Å². The zero-order chi connectivity index (χ0) is 13.9. The van der Waals surface area contributed by atoms with Gasteiger partial charge in [0.25, 0.3) is 0 Å². The van der Waals surface area contributed by atoms with Crippen LogP contribution >= 0.6 is 34.3 Å². The van der Waals surface area contributed by atoms with E-state index in [9.17, 15) is 0 Å². The van der Waals surface area contributed by atoms with E-state index in [1.165, 1.54) is 19.8 Å². The summed E-state index contributed by atoms with van der Waals surface area (Å²) in [7, 11) is 0. The Morgan fingerprint density at radius 1 is 1.10 bits per heavy atom. The summed E-state index contributed by atoms with van der Waals surface area (Å²) in [5.74, 6) is 0. The Morgan fingerprint density at radius 2 is 1.95 bits per heavy atom. The van der Waals surface area contributed by atoms with E-state index in [0.29, 0.717) is 0 Å². The summed E-state index contributed by atoms with van der Waals surface area (Å²) in [6.45, 7) is 3.20. The van der Waals surface area contributed by atoms with Crippen molar-refractivity contribution in [1.82, 2.24) is 5.32 Å². The van der Waals surface area contributed by atoms with Crippen LogP contribution in [0.15, 0.2) is 42.5 Å². The highest BCUT2D eigenvalue weighted by atomic mass is 35.5. The molecule has 20 heavy (non-hydrogen) atoms. The van der Waals surface area contributed by atoms with Gasteiger partial charge < -0.3 is 5.32 Å². The number of nitrogens with one attached hydrogen (secondary N) is 1. The smallest absolute Gasteiger partial charge is 0.0931 e. The van der Waals surface area contributed by atoms with Crippen molar-refractivity contribution in [3.05, 3.63) is 56.6 Å². The quantitative estimate of drug-likeness (QED) is 0.635. The summed E-state index contributed by atoms with van der Waals surface area (Å²) in [6, 6.07) is 15.2. The zero-order valence-electron chi connectivity index (χ0n) is 11.2. The minimum Gasteiger partial charge on any atom is -0.305 e. The average Bonchev–Trinajstić information content (AvgIpc) is 3.05. The van der Waals surface area contributed by atoms with Crippen molar-refractivity contribution in [1.29, 1.82) is 0 Å². The summed E-state index contributed by atoms with van der Waals surface area (Å²) >= 11 is 9.62. The number of fused-ring (bicyclic) bond motifs is 1. The number of hydrogen-bond donors (Lipinski definition) is 1. The first-order chi connectivity index (χ1) is 9.78. The average molecular weight is 322 g/mol. The Morgan fingerprint density at radius 3 is 2.65 bits per heavy atom. The standard InChI is InChI=1S/C16H16ClNS2/c1-2-9-18-16(13-7-8-15(17)20-13)14-10-11-5-3-4-6-12(11)19-14/h3-8,10,16,18H,2,9H2,1H3. The van der Waals surface area contributed by atoms with E-state index in [-0.39, 0.29) is 6.04 Å². The van der Waals surface area contributed by atoms with Crippen molar-refractivity contribution in [2.45, 2.75) is 19.4 Å². The summed E-state index contributed by atoms with van der Waals surface area (Å²) in [4.78, 5) is 2.65. The lowest BCUT2D eigenvalue weighted by molar-refractivity contribution is 0.613. The first-order valence-electron chi connectivity index (χ1n) is 6.75. The molecule has 0 saturated carbocycles. The van der Waals surface area contributed by atoms with Gasteiger partial charge in [-0.3, -0.25) is 0 Å². The molecule has 0 spiro atoms. The fourth-order valence-corrected chi connectivity index (χ4v) is 4.65. The molecular weight excluding hydrogens is 306 g/mol. The molecular formula is C16H16ClNS2. The Labute approximate surface area is 132 Å². The van der Waals surface area contributed by atoms with Crippen LogP contribution in [0.4, 0.5) is 0 Å². The summed E-state index contributed by atoms with van der Waals surface area (Å²) in [5, 5.41) is 4.96.